The van der Waals surface area contributed by atoms with Gasteiger partial charge in [-0.3, -0.25) is 9.58 Å². The van der Waals surface area contributed by atoms with Gasteiger partial charge in [0.1, 0.15) is 0 Å². The van der Waals surface area contributed by atoms with E-state index in [4.69, 9.17) is 0 Å². The van der Waals surface area contributed by atoms with Gasteiger partial charge >= 0.3 is 0 Å². The Hall–Kier alpha value is -2.61. The minimum absolute atomic E-state index is 0.183. The Balaban J connectivity index is 1.41. The highest BCUT2D eigenvalue weighted by Gasteiger charge is 2.27. The molecule has 2 aromatic heterocycles. The van der Waals surface area contributed by atoms with E-state index in [-0.39, 0.29) is 6.04 Å². The molecule has 25 heavy (non-hydrogen) atoms. The Morgan fingerprint density at radius 3 is 2.64 bits per heavy atom. The third-order valence-corrected chi connectivity index (χ3v) is 4.98. The van der Waals surface area contributed by atoms with Gasteiger partial charge in [-0.05, 0) is 61.3 Å². The first-order valence-corrected chi connectivity index (χ1v) is 8.73. The van der Waals surface area contributed by atoms with Crippen LogP contribution in [-0.2, 0) is 6.54 Å². The predicted molar refractivity (Wildman–Crippen MR) is 91.9 cm³/mol. The van der Waals surface area contributed by atoms with E-state index in [0.29, 0.717) is 5.92 Å². The zero-order valence-electron chi connectivity index (χ0n) is 14.3. The second kappa shape index (κ2) is 7.10. The molecule has 0 amide bonds. The smallest absolute Gasteiger partial charge is 0.173 e. The third kappa shape index (κ3) is 3.43. The number of rotatable bonds is 5. The number of aromatic nitrogens is 7. The molecule has 0 bridgehead atoms. The Morgan fingerprint density at radius 1 is 1.12 bits per heavy atom. The Labute approximate surface area is 146 Å². The van der Waals surface area contributed by atoms with Crippen LogP contribution in [0.15, 0.2) is 42.7 Å². The molecule has 1 aliphatic rings. The summed E-state index contributed by atoms with van der Waals surface area (Å²) in [7, 11) is 0. The van der Waals surface area contributed by atoms with E-state index in [0.717, 1.165) is 44.0 Å². The van der Waals surface area contributed by atoms with Crippen LogP contribution >= 0.6 is 0 Å². The molecule has 0 spiro atoms. The van der Waals surface area contributed by atoms with Gasteiger partial charge in [-0.25, -0.2) is 0 Å². The van der Waals surface area contributed by atoms with Gasteiger partial charge < -0.3 is 0 Å². The largest absolute Gasteiger partial charge is 0.294 e. The van der Waals surface area contributed by atoms with Crippen molar-refractivity contribution in [3.63, 3.8) is 0 Å². The fourth-order valence-electron chi connectivity index (χ4n) is 3.49. The van der Waals surface area contributed by atoms with Crippen LogP contribution < -0.4 is 0 Å². The molecular weight excluding hydrogens is 316 g/mol. The summed E-state index contributed by atoms with van der Waals surface area (Å²) in [4.78, 5) is 2.46. The van der Waals surface area contributed by atoms with Gasteiger partial charge in [-0.15, -0.1) is 10.2 Å². The first kappa shape index (κ1) is 15.9. The molecule has 8 heteroatoms. The average molecular weight is 338 g/mol. The number of likely N-dealkylation sites (tertiary alicyclic amines) is 1. The van der Waals surface area contributed by atoms with Crippen molar-refractivity contribution in [2.75, 3.05) is 13.1 Å². The lowest BCUT2D eigenvalue weighted by Crippen LogP contribution is -2.37. The molecule has 0 saturated carbocycles. The number of benzene rings is 1. The number of hydrogen-bond donors (Lipinski definition) is 0. The Morgan fingerprint density at radius 2 is 1.92 bits per heavy atom. The van der Waals surface area contributed by atoms with Gasteiger partial charge in [0.05, 0.1) is 17.9 Å². The molecule has 3 aromatic rings. The zero-order valence-corrected chi connectivity index (χ0v) is 14.3. The quantitative estimate of drug-likeness (QED) is 0.705. The lowest BCUT2D eigenvalue weighted by atomic mass is 9.96. The fourth-order valence-corrected chi connectivity index (χ4v) is 3.49. The number of piperidine rings is 1. The molecule has 3 heterocycles. The third-order valence-electron chi connectivity index (χ3n) is 4.98. The molecule has 0 radical (unpaired) electrons. The SMILES string of the molecule is C[C@@H](c1nnnn1-c1ccccc1)N1CCC(Cn2ccnn2)CC1. The lowest BCUT2D eigenvalue weighted by Gasteiger charge is -2.35. The summed E-state index contributed by atoms with van der Waals surface area (Å²) < 4.78 is 3.77. The molecule has 1 aliphatic heterocycles. The minimum Gasteiger partial charge on any atom is -0.294 e. The summed E-state index contributed by atoms with van der Waals surface area (Å²) in [6.07, 6.45) is 5.97. The topological polar surface area (TPSA) is 77.5 Å². The molecule has 1 atom stereocenters. The van der Waals surface area contributed by atoms with Crippen LogP contribution in [0.3, 0.4) is 0 Å². The normalized spacial score (nSPS) is 17.6. The number of para-hydroxylation sites is 1. The second-order valence-electron chi connectivity index (χ2n) is 6.56. The average Bonchev–Trinajstić information content (AvgIpc) is 3.34. The monoisotopic (exact) mass is 338 g/mol. The highest BCUT2D eigenvalue weighted by atomic mass is 15.6. The van der Waals surface area contributed by atoms with E-state index >= 15 is 0 Å². The molecule has 0 N–H and O–H groups in total. The molecule has 0 unspecified atom stereocenters. The molecule has 4 rings (SSSR count). The summed E-state index contributed by atoms with van der Waals surface area (Å²) in [5.41, 5.74) is 0.996. The maximum atomic E-state index is 4.29. The Kier molecular flexibility index (Phi) is 4.51. The van der Waals surface area contributed by atoms with Crippen molar-refractivity contribution in [2.24, 2.45) is 5.92 Å². The van der Waals surface area contributed by atoms with Gasteiger partial charge in [0, 0.05) is 12.7 Å². The highest BCUT2D eigenvalue weighted by molar-refractivity contribution is 5.30. The first-order chi connectivity index (χ1) is 12.3. The van der Waals surface area contributed by atoms with Gasteiger partial charge in [0.2, 0.25) is 0 Å². The summed E-state index contributed by atoms with van der Waals surface area (Å²) in [6.45, 7) is 5.22. The van der Waals surface area contributed by atoms with Crippen molar-refractivity contribution in [3.8, 4) is 5.69 Å². The summed E-state index contributed by atoms with van der Waals surface area (Å²) in [5.74, 6) is 1.54. The first-order valence-electron chi connectivity index (χ1n) is 8.73. The van der Waals surface area contributed by atoms with Crippen LogP contribution in [0.5, 0.6) is 0 Å². The summed E-state index contributed by atoms with van der Waals surface area (Å²) >= 11 is 0. The van der Waals surface area contributed by atoms with Gasteiger partial charge in [-0.2, -0.15) is 4.68 Å². The van der Waals surface area contributed by atoms with Crippen LogP contribution in [0.4, 0.5) is 0 Å². The van der Waals surface area contributed by atoms with Gasteiger partial charge in [0.25, 0.3) is 0 Å². The van der Waals surface area contributed by atoms with Crippen molar-refractivity contribution in [3.05, 3.63) is 48.5 Å². The maximum absolute atomic E-state index is 4.29. The summed E-state index contributed by atoms with van der Waals surface area (Å²) in [6, 6.07) is 10.2. The zero-order chi connectivity index (χ0) is 17.1. The molecule has 0 aliphatic carbocycles. The van der Waals surface area contributed by atoms with Crippen molar-refractivity contribution in [2.45, 2.75) is 32.4 Å². The predicted octanol–water partition coefficient (Wildman–Crippen LogP) is 1.73. The van der Waals surface area contributed by atoms with Crippen LogP contribution in [0.1, 0.15) is 31.6 Å². The van der Waals surface area contributed by atoms with Gasteiger partial charge in [0.15, 0.2) is 5.82 Å². The van der Waals surface area contributed by atoms with Gasteiger partial charge in [-0.1, -0.05) is 23.4 Å². The molecule has 1 saturated heterocycles. The molecule has 1 aromatic carbocycles. The summed E-state index contributed by atoms with van der Waals surface area (Å²) in [5, 5.41) is 20.3. The second-order valence-corrected chi connectivity index (χ2v) is 6.56. The van der Waals surface area contributed by atoms with E-state index in [9.17, 15) is 0 Å². The molecular formula is C17H22N8. The van der Waals surface area contributed by atoms with Crippen molar-refractivity contribution in [1.29, 1.82) is 0 Å². The van der Waals surface area contributed by atoms with Crippen molar-refractivity contribution < 1.29 is 0 Å². The van der Waals surface area contributed by atoms with Crippen LogP contribution in [-0.4, -0.2) is 53.2 Å². The standard InChI is InChI=1S/C17H22N8/c1-14(17-19-20-22-25(17)16-5-3-2-4-6-16)23-10-7-15(8-11-23)13-24-12-9-18-21-24/h2-6,9,12,14-15H,7-8,10-11,13H2,1H3/t14-/m0/s1. The highest BCUT2D eigenvalue weighted by Crippen LogP contribution is 2.27. The van der Waals surface area contributed by atoms with E-state index in [1.807, 2.05) is 45.9 Å². The molecule has 1 fully saturated rings. The maximum Gasteiger partial charge on any atom is 0.173 e. The van der Waals surface area contributed by atoms with E-state index in [1.54, 1.807) is 6.20 Å². The van der Waals surface area contributed by atoms with Crippen molar-refractivity contribution in [1.82, 2.24) is 40.1 Å². The number of nitrogens with zero attached hydrogens (tertiary/aromatic N) is 8. The number of tetrazole rings is 1. The van der Waals surface area contributed by atoms with E-state index in [1.165, 1.54) is 0 Å². The Bertz CT molecular complexity index is 774. The number of hydrogen-bond acceptors (Lipinski definition) is 6. The van der Waals surface area contributed by atoms with Crippen LogP contribution in [0.25, 0.3) is 5.69 Å². The van der Waals surface area contributed by atoms with E-state index in [2.05, 4.69) is 37.7 Å². The molecule has 130 valence electrons. The fraction of sp³-hybridized carbons (Fsp3) is 0.471. The van der Waals surface area contributed by atoms with E-state index < -0.39 is 0 Å². The lowest BCUT2D eigenvalue weighted by molar-refractivity contribution is 0.126. The minimum atomic E-state index is 0.183. The van der Waals surface area contributed by atoms with Crippen LogP contribution in [0, 0.1) is 5.92 Å². The van der Waals surface area contributed by atoms with Crippen molar-refractivity contribution >= 4 is 0 Å². The van der Waals surface area contributed by atoms with Crippen LogP contribution in [0.2, 0.25) is 0 Å². The molecule has 8 nitrogen and oxygen atoms in total.